The van der Waals surface area contributed by atoms with Gasteiger partial charge in [-0.05, 0) is 24.3 Å². The highest BCUT2D eigenvalue weighted by atomic mass is 35.5. The van der Waals surface area contributed by atoms with E-state index in [4.69, 9.17) is 22.6 Å². The van der Waals surface area contributed by atoms with Crippen LogP contribution in [0.4, 0.5) is 5.69 Å². The van der Waals surface area contributed by atoms with E-state index in [-0.39, 0.29) is 17.0 Å². The van der Waals surface area contributed by atoms with Gasteiger partial charge in [0.1, 0.15) is 11.8 Å². The molecule has 0 amide bonds. The van der Waals surface area contributed by atoms with Crippen LogP contribution in [0.15, 0.2) is 30.5 Å². The number of Topliss-reactive ketones (excluding diaryl/α,β-unsaturated/α-hetero) is 1. The molecule has 1 aromatic carbocycles. The number of rotatable bonds is 2. The van der Waals surface area contributed by atoms with Crippen LogP contribution in [0.3, 0.4) is 0 Å². The summed E-state index contributed by atoms with van der Waals surface area (Å²) in [6.07, 6.45) is 1.55. The van der Waals surface area contributed by atoms with E-state index in [0.29, 0.717) is 10.7 Å². The summed E-state index contributed by atoms with van der Waals surface area (Å²) >= 11 is 5.81. The molecule has 0 unspecified atom stereocenters. The van der Waals surface area contributed by atoms with Crippen LogP contribution in [0.2, 0.25) is 5.02 Å². The summed E-state index contributed by atoms with van der Waals surface area (Å²) in [5.41, 5.74) is 7.34. The van der Waals surface area contributed by atoms with Crippen LogP contribution in [0.5, 0.6) is 0 Å². The zero-order valence-corrected chi connectivity index (χ0v) is 10.4. The normalized spacial score (nSPS) is 10.1. The van der Waals surface area contributed by atoms with Gasteiger partial charge in [-0.3, -0.25) is 4.79 Å². The topological polar surface area (TPSA) is 71.8 Å². The van der Waals surface area contributed by atoms with Crippen molar-refractivity contribution in [1.82, 2.24) is 4.57 Å². The summed E-state index contributed by atoms with van der Waals surface area (Å²) in [7, 11) is 0. The Kier molecular flexibility index (Phi) is 3.09. The van der Waals surface area contributed by atoms with E-state index in [1.54, 1.807) is 35.0 Å². The predicted octanol–water partition coefficient (Wildman–Crippen LogP) is 2.79. The maximum absolute atomic E-state index is 11.6. The molecule has 0 radical (unpaired) electrons. The maximum atomic E-state index is 11.6. The molecule has 4 nitrogen and oxygen atoms in total. The zero-order valence-electron chi connectivity index (χ0n) is 9.64. The number of nitrogens with zero attached hydrogens (tertiary/aromatic N) is 2. The number of anilines is 1. The van der Waals surface area contributed by atoms with Gasteiger partial charge in [-0.1, -0.05) is 11.6 Å². The molecule has 5 heteroatoms. The summed E-state index contributed by atoms with van der Waals surface area (Å²) in [5, 5.41) is 9.55. The van der Waals surface area contributed by atoms with E-state index in [9.17, 15) is 4.79 Å². The molecule has 0 atom stereocenters. The second-order valence-electron chi connectivity index (χ2n) is 3.82. The Bertz CT molecular complexity index is 650. The van der Waals surface area contributed by atoms with Crippen molar-refractivity contribution in [3.8, 4) is 11.8 Å². The fourth-order valence-electron chi connectivity index (χ4n) is 1.77. The lowest BCUT2D eigenvalue weighted by molar-refractivity contribution is 0.101. The number of ketones is 1. The summed E-state index contributed by atoms with van der Waals surface area (Å²) in [6.45, 7) is 1.42. The van der Waals surface area contributed by atoms with Gasteiger partial charge in [0.2, 0.25) is 0 Å². The van der Waals surface area contributed by atoms with E-state index < -0.39 is 0 Å². The number of nitrogen functional groups attached to an aromatic ring is 1. The molecule has 0 aliphatic heterocycles. The van der Waals surface area contributed by atoms with Crippen molar-refractivity contribution in [1.29, 1.82) is 5.26 Å². The molecule has 1 heterocycles. The molecule has 2 aromatic rings. The molecule has 90 valence electrons. The van der Waals surface area contributed by atoms with Gasteiger partial charge in [0, 0.05) is 23.8 Å². The Morgan fingerprint density at radius 3 is 2.50 bits per heavy atom. The molecule has 0 aliphatic rings. The van der Waals surface area contributed by atoms with E-state index in [1.807, 2.05) is 6.07 Å². The molecule has 0 fully saturated rings. The average Bonchev–Trinajstić information content (AvgIpc) is 2.67. The minimum absolute atomic E-state index is 0.191. The first kappa shape index (κ1) is 12.2. The van der Waals surface area contributed by atoms with Crippen LogP contribution in [0.1, 0.15) is 23.0 Å². The molecule has 2 N–H and O–H groups in total. The van der Waals surface area contributed by atoms with Crippen molar-refractivity contribution >= 4 is 23.1 Å². The second kappa shape index (κ2) is 4.55. The Balaban J connectivity index is 2.68. The van der Waals surface area contributed by atoms with Crippen molar-refractivity contribution in [2.24, 2.45) is 0 Å². The summed E-state index contributed by atoms with van der Waals surface area (Å²) in [4.78, 5) is 11.6. The number of aromatic nitrogens is 1. The number of hydrogen-bond acceptors (Lipinski definition) is 3. The van der Waals surface area contributed by atoms with Gasteiger partial charge in [-0.2, -0.15) is 5.26 Å². The minimum Gasteiger partial charge on any atom is -0.396 e. The number of hydrogen-bond donors (Lipinski definition) is 1. The lowest BCUT2D eigenvalue weighted by Crippen LogP contribution is -2.06. The summed E-state index contributed by atoms with van der Waals surface area (Å²) in [6, 6.07) is 8.91. The lowest BCUT2D eigenvalue weighted by Gasteiger charge is -2.07. The summed E-state index contributed by atoms with van der Waals surface area (Å²) < 4.78 is 1.60. The van der Waals surface area contributed by atoms with E-state index in [0.717, 1.165) is 5.69 Å². The number of nitrogens with two attached hydrogens (primary N) is 1. The van der Waals surface area contributed by atoms with Crippen LogP contribution >= 0.6 is 11.6 Å². The molecule has 0 spiro atoms. The molecule has 0 saturated heterocycles. The third kappa shape index (κ3) is 1.96. The SMILES string of the molecule is CC(=O)c1c(N)c(C#N)cn1-c1ccc(Cl)cc1. The Labute approximate surface area is 109 Å². The first-order chi connectivity index (χ1) is 8.54. The van der Waals surface area contributed by atoms with E-state index >= 15 is 0 Å². The zero-order chi connectivity index (χ0) is 13.3. The highest BCUT2D eigenvalue weighted by Crippen LogP contribution is 2.25. The number of nitriles is 1. The van der Waals surface area contributed by atoms with E-state index in [2.05, 4.69) is 0 Å². The van der Waals surface area contributed by atoms with Crippen LogP contribution in [-0.4, -0.2) is 10.4 Å². The van der Waals surface area contributed by atoms with Gasteiger partial charge in [-0.25, -0.2) is 0 Å². The van der Waals surface area contributed by atoms with Gasteiger partial charge >= 0.3 is 0 Å². The average molecular weight is 260 g/mol. The van der Waals surface area contributed by atoms with Crippen LogP contribution < -0.4 is 5.73 Å². The standard InChI is InChI=1S/C13H10ClN3O/c1-8(18)13-12(16)9(6-15)7-17(13)11-4-2-10(14)3-5-11/h2-5,7H,16H2,1H3. The van der Waals surface area contributed by atoms with Crippen LogP contribution in [0.25, 0.3) is 5.69 Å². The lowest BCUT2D eigenvalue weighted by atomic mass is 10.2. The third-order valence-corrected chi connectivity index (χ3v) is 2.86. The monoisotopic (exact) mass is 259 g/mol. The van der Waals surface area contributed by atoms with Crippen molar-refractivity contribution in [3.05, 3.63) is 46.7 Å². The molecular weight excluding hydrogens is 250 g/mol. The predicted molar refractivity (Wildman–Crippen MR) is 69.9 cm³/mol. The molecule has 18 heavy (non-hydrogen) atoms. The largest absolute Gasteiger partial charge is 0.396 e. The molecule has 1 aromatic heterocycles. The first-order valence-electron chi connectivity index (χ1n) is 5.22. The van der Waals surface area contributed by atoms with Crippen LogP contribution in [0, 0.1) is 11.3 Å². The number of carbonyl (C=O) groups excluding carboxylic acids is 1. The van der Waals surface area contributed by atoms with E-state index in [1.165, 1.54) is 6.92 Å². The first-order valence-corrected chi connectivity index (χ1v) is 5.60. The Morgan fingerprint density at radius 1 is 1.39 bits per heavy atom. The van der Waals surface area contributed by atoms with Gasteiger partial charge in [0.15, 0.2) is 5.78 Å². The molecule has 0 bridgehead atoms. The summed E-state index contributed by atoms with van der Waals surface area (Å²) in [5.74, 6) is -0.191. The smallest absolute Gasteiger partial charge is 0.178 e. The van der Waals surface area contributed by atoms with Crippen molar-refractivity contribution < 1.29 is 4.79 Å². The Hall–Kier alpha value is -2.25. The number of halogens is 1. The van der Waals surface area contributed by atoms with Crippen LogP contribution in [-0.2, 0) is 0 Å². The third-order valence-electron chi connectivity index (χ3n) is 2.60. The quantitative estimate of drug-likeness (QED) is 0.843. The number of carbonyl (C=O) groups is 1. The highest BCUT2D eigenvalue weighted by Gasteiger charge is 2.17. The number of benzene rings is 1. The van der Waals surface area contributed by atoms with Gasteiger partial charge in [0.05, 0.1) is 11.3 Å². The van der Waals surface area contributed by atoms with Crippen molar-refractivity contribution in [3.63, 3.8) is 0 Å². The highest BCUT2D eigenvalue weighted by molar-refractivity contribution is 6.30. The fraction of sp³-hybridized carbons (Fsp3) is 0.0769. The molecular formula is C13H10ClN3O. The van der Waals surface area contributed by atoms with Crippen molar-refractivity contribution in [2.45, 2.75) is 6.92 Å². The molecule has 2 rings (SSSR count). The van der Waals surface area contributed by atoms with Gasteiger partial charge < -0.3 is 10.3 Å². The fourth-order valence-corrected chi connectivity index (χ4v) is 1.90. The van der Waals surface area contributed by atoms with Gasteiger partial charge in [0.25, 0.3) is 0 Å². The minimum atomic E-state index is -0.191. The molecule has 0 saturated carbocycles. The van der Waals surface area contributed by atoms with Crippen molar-refractivity contribution in [2.75, 3.05) is 5.73 Å². The molecule has 0 aliphatic carbocycles. The van der Waals surface area contributed by atoms with Gasteiger partial charge in [-0.15, -0.1) is 0 Å². The maximum Gasteiger partial charge on any atom is 0.178 e. The second-order valence-corrected chi connectivity index (χ2v) is 4.26. The Morgan fingerprint density at radius 2 is 2.00 bits per heavy atom.